The zero-order valence-corrected chi connectivity index (χ0v) is 25.2. The van der Waals surface area contributed by atoms with E-state index in [2.05, 4.69) is 165 Å². The summed E-state index contributed by atoms with van der Waals surface area (Å²) < 4.78 is 0. The molecule has 1 aliphatic heterocycles. The number of allylic oxidation sites excluding steroid dienone is 1. The summed E-state index contributed by atoms with van der Waals surface area (Å²) in [6.45, 7) is 2.38. The Labute approximate surface area is 262 Å². The van der Waals surface area contributed by atoms with Gasteiger partial charge in [0.2, 0.25) is 0 Å². The van der Waals surface area contributed by atoms with E-state index in [9.17, 15) is 0 Å². The van der Waals surface area contributed by atoms with E-state index in [1.54, 1.807) is 0 Å². The number of aliphatic imine (C=N–C) groups is 1. The van der Waals surface area contributed by atoms with Crippen LogP contribution in [0.25, 0.3) is 59.6 Å². The van der Waals surface area contributed by atoms with Crippen molar-refractivity contribution in [3.05, 3.63) is 174 Å². The average Bonchev–Trinajstić information content (AvgIpc) is 3.11. The van der Waals surface area contributed by atoms with Gasteiger partial charge in [0.25, 0.3) is 0 Å². The van der Waals surface area contributed by atoms with Gasteiger partial charge in [-0.15, -0.1) is 0 Å². The molecule has 8 aromatic rings. The van der Waals surface area contributed by atoms with Crippen LogP contribution in [0.4, 0.5) is 0 Å². The van der Waals surface area contributed by atoms with E-state index >= 15 is 0 Å². The van der Waals surface area contributed by atoms with Crippen LogP contribution in [0.3, 0.4) is 0 Å². The number of hydrogen-bond donors (Lipinski definition) is 0. The second-order valence-electron chi connectivity index (χ2n) is 12.6. The van der Waals surface area contributed by atoms with Crippen LogP contribution in [0.2, 0.25) is 0 Å². The summed E-state index contributed by atoms with van der Waals surface area (Å²) in [5, 5.41) is 13.1. The molecule has 9 rings (SSSR count). The van der Waals surface area contributed by atoms with Crippen molar-refractivity contribution in [2.24, 2.45) is 4.99 Å². The molecule has 0 fully saturated rings. The van der Waals surface area contributed by atoms with Gasteiger partial charge in [-0.1, -0.05) is 153 Å². The van der Waals surface area contributed by atoms with Crippen LogP contribution < -0.4 is 0 Å². The van der Waals surface area contributed by atoms with Crippen molar-refractivity contribution in [1.82, 2.24) is 0 Å². The SMILES string of the molecule is CC1(c2ccc3c4ccccc4c4c5ccccc5c5ccccc5c4c3c2)C=C(c2ccccc2)N=C(c2ccccc2)C1. The third-order valence-electron chi connectivity index (χ3n) is 9.79. The third-order valence-corrected chi connectivity index (χ3v) is 9.79. The molecule has 0 saturated carbocycles. The number of hydrogen-bond acceptors (Lipinski definition) is 1. The van der Waals surface area contributed by atoms with E-state index in [1.807, 2.05) is 0 Å². The lowest BCUT2D eigenvalue weighted by molar-refractivity contribution is 0.619. The maximum absolute atomic E-state index is 5.25. The highest BCUT2D eigenvalue weighted by Gasteiger charge is 2.32. The number of nitrogens with zero attached hydrogens (tertiary/aromatic N) is 1. The highest BCUT2D eigenvalue weighted by Crippen LogP contribution is 2.46. The molecule has 1 heteroatoms. The van der Waals surface area contributed by atoms with E-state index in [0.29, 0.717) is 0 Å². The molecule has 0 spiro atoms. The Morgan fingerprint density at radius 1 is 0.444 bits per heavy atom. The van der Waals surface area contributed by atoms with Crippen molar-refractivity contribution in [1.29, 1.82) is 0 Å². The van der Waals surface area contributed by atoms with Crippen molar-refractivity contribution in [2.75, 3.05) is 0 Å². The molecular weight excluding hydrogens is 542 g/mol. The standard InChI is InChI=1S/C44H31N/c1-44(27-40(29-14-4-2-5-15-29)45-41(28-44)30-16-6-3-7-17-30)31-24-25-35-34-20-10-12-22-37(34)42-36-21-11-8-18-32(36)33-19-9-13-23-38(33)43(42)39(35)26-31/h2-27H,28H2,1H3. The van der Waals surface area contributed by atoms with Gasteiger partial charge in [-0.05, 0) is 82.7 Å². The molecule has 0 amide bonds. The molecule has 1 nitrogen and oxygen atoms in total. The van der Waals surface area contributed by atoms with E-state index in [-0.39, 0.29) is 5.41 Å². The van der Waals surface area contributed by atoms with Crippen molar-refractivity contribution in [3.8, 4) is 0 Å². The first kappa shape index (κ1) is 25.9. The third kappa shape index (κ3) is 4.05. The molecule has 0 saturated heterocycles. The van der Waals surface area contributed by atoms with E-state index in [0.717, 1.165) is 23.4 Å². The zero-order chi connectivity index (χ0) is 30.0. The van der Waals surface area contributed by atoms with Gasteiger partial charge < -0.3 is 0 Å². The molecule has 1 heterocycles. The Bertz CT molecular complexity index is 2490. The Balaban J connectivity index is 1.38. The molecule has 1 atom stereocenters. The lowest BCUT2D eigenvalue weighted by Crippen LogP contribution is -2.27. The van der Waals surface area contributed by atoms with Gasteiger partial charge in [-0.25, -0.2) is 0 Å². The highest BCUT2D eigenvalue weighted by molar-refractivity contribution is 6.39. The predicted octanol–water partition coefficient (Wildman–Crippen LogP) is 11.6. The van der Waals surface area contributed by atoms with Crippen LogP contribution in [0.5, 0.6) is 0 Å². The molecular formula is C44H31N. The number of benzene rings is 8. The molecule has 0 radical (unpaired) electrons. The molecule has 0 aromatic heterocycles. The first-order chi connectivity index (χ1) is 22.2. The Morgan fingerprint density at radius 3 is 1.44 bits per heavy atom. The maximum atomic E-state index is 5.25. The lowest BCUT2D eigenvalue weighted by atomic mass is 9.73. The number of rotatable bonds is 3. The smallest absolute Gasteiger partial charge is 0.0674 e. The average molecular weight is 574 g/mol. The van der Waals surface area contributed by atoms with Gasteiger partial charge in [0.15, 0.2) is 0 Å². The first-order valence-corrected chi connectivity index (χ1v) is 15.8. The summed E-state index contributed by atoms with van der Waals surface area (Å²) in [7, 11) is 0. The molecule has 0 aliphatic carbocycles. The zero-order valence-electron chi connectivity index (χ0n) is 25.2. The minimum atomic E-state index is -0.253. The second kappa shape index (κ2) is 10.0. The van der Waals surface area contributed by atoms with Gasteiger partial charge >= 0.3 is 0 Å². The molecule has 8 aromatic carbocycles. The van der Waals surface area contributed by atoms with Crippen LogP contribution in [-0.4, -0.2) is 5.71 Å². The van der Waals surface area contributed by atoms with E-state index < -0.39 is 0 Å². The summed E-state index contributed by atoms with van der Waals surface area (Å²) in [4.78, 5) is 5.25. The van der Waals surface area contributed by atoms with Gasteiger partial charge in [-0.2, -0.15) is 0 Å². The lowest BCUT2D eigenvalue weighted by Gasteiger charge is -2.32. The minimum absolute atomic E-state index is 0.253. The summed E-state index contributed by atoms with van der Waals surface area (Å²) in [6, 6.07) is 55.3. The number of fused-ring (bicyclic) bond motifs is 11. The summed E-state index contributed by atoms with van der Waals surface area (Å²) in [6.07, 6.45) is 3.22. The van der Waals surface area contributed by atoms with Gasteiger partial charge in [0, 0.05) is 17.5 Å². The first-order valence-electron chi connectivity index (χ1n) is 15.8. The Morgan fingerprint density at radius 2 is 0.889 bits per heavy atom. The van der Waals surface area contributed by atoms with Crippen molar-refractivity contribution in [2.45, 2.75) is 18.8 Å². The highest BCUT2D eigenvalue weighted by atomic mass is 14.8. The monoisotopic (exact) mass is 573 g/mol. The van der Waals surface area contributed by atoms with E-state index in [4.69, 9.17) is 4.99 Å². The maximum Gasteiger partial charge on any atom is 0.0674 e. The van der Waals surface area contributed by atoms with E-state index in [1.165, 1.54) is 65.0 Å². The fourth-order valence-electron chi connectivity index (χ4n) is 7.64. The summed E-state index contributed by atoms with van der Waals surface area (Å²) >= 11 is 0. The Kier molecular flexibility index (Phi) is 5.76. The topological polar surface area (TPSA) is 12.4 Å². The largest absolute Gasteiger partial charge is 0.252 e. The summed E-state index contributed by atoms with van der Waals surface area (Å²) in [5.74, 6) is 0. The van der Waals surface area contributed by atoms with Crippen LogP contribution in [-0.2, 0) is 5.41 Å². The van der Waals surface area contributed by atoms with Crippen molar-refractivity contribution in [3.63, 3.8) is 0 Å². The Hall–Kier alpha value is -5.53. The molecule has 1 aliphatic rings. The van der Waals surface area contributed by atoms with Gasteiger partial charge in [-0.3, -0.25) is 4.99 Å². The fourth-order valence-corrected chi connectivity index (χ4v) is 7.64. The van der Waals surface area contributed by atoms with Crippen molar-refractivity contribution < 1.29 is 0 Å². The summed E-state index contributed by atoms with van der Waals surface area (Å²) in [5.41, 5.74) is 5.53. The van der Waals surface area contributed by atoms with Crippen LogP contribution >= 0.6 is 0 Å². The second-order valence-corrected chi connectivity index (χ2v) is 12.6. The predicted molar refractivity (Wildman–Crippen MR) is 193 cm³/mol. The molecule has 45 heavy (non-hydrogen) atoms. The molecule has 212 valence electrons. The van der Waals surface area contributed by atoms with Crippen LogP contribution in [0.1, 0.15) is 30.0 Å². The van der Waals surface area contributed by atoms with Crippen LogP contribution in [0, 0.1) is 0 Å². The van der Waals surface area contributed by atoms with Crippen molar-refractivity contribution >= 4 is 65.3 Å². The van der Waals surface area contributed by atoms with Gasteiger partial charge in [0.1, 0.15) is 0 Å². The molecule has 0 bridgehead atoms. The minimum Gasteiger partial charge on any atom is -0.252 e. The van der Waals surface area contributed by atoms with Gasteiger partial charge in [0.05, 0.1) is 5.70 Å². The molecule has 0 N–H and O–H groups in total. The normalized spacial score (nSPS) is 16.8. The van der Waals surface area contributed by atoms with Crippen LogP contribution in [0.15, 0.2) is 163 Å². The quantitative estimate of drug-likeness (QED) is 0.186. The fraction of sp³-hybridized carbons (Fsp3) is 0.0682. The molecule has 1 unspecified atom stereocenters.